The Bertz CT molecular complexity index is 399. The molecular formula is C14H22N2O. The van der Waals surface area contributed by atoms with E-state index in [2.05, 4.69) is 19.2 Å². The van der Waals surface area contributed by atoms with Gasteiger partial charge in [-0.25, -0.2) is 0 Å². The number of hydrogen-bond donors (Lipinski definition) is 2. The average molecular weight is 234 g/mol. The summed E-state index contributed by atoms with van der Waals surface area (Å²) in [5.74, 6) is 0.320. The number of carbonyl (C=O) groups excluding carboxylic acids is 1. The van der Waals surface area contributed by atoms with Gasteiger partial charge in [-0.1, -0.05) is 31.5 Å². The van der Waals surface area contributed by atoms with E-state index in [4.69, 9.17) is 5.73 Å². The summed E-state index contributed by atoms with van der Waals surface area (Å²) >= 11 is 0. The van der Waals surface area contributed by atoms with Crippen LogP contribution in [0.4, 0.5) is 5.69 Å². The van der Waals surface area contributed by atoms with Crippen molar-refractivity contribution in [2.24, 2.45) is 11.7 Å². The first kappa shape index (κ1) is 13.7. The quantitative estimate of drug-likeness (QED) is 0.841. The van der Waals surface area contributed by atoms with Gasteiger partial charge in [0.15, 0.2) is 0 Å². The fourth-order valence-electron chi connectivity index (χ4n) is 1.79. The first-order valence-corrected chi connectivity index (χ1v) is 6.04. The van der Waals surface area contributed by atoms with Crippen molar-refractivity contribution >= 4 is 11.6 Å². The molecule has 0 fully saturated rings. The van der Waals surface area contributed by atoms with Crippen LogP contribution in [0.2, 0.25) is 0 Å². The summed E-state index contributed by atoms with van der Waals surface area (Å²) in [5, 5.41) is 2.88. The highest BCUT2D eigenvalue weighted by atomic mass is 16.2. The number of nitrogens with two attached hydrogens (primary N) is 1. The molecule has 3 heteroatoms. The predicted octanol–water partition coefficient (Wildman–Crippen LogP) is 2.62. The third-order valence-electron chi connectivity index (χ3n) is 2.70. The monoisotopic (exact) mass is 234 g/mol. The zero-order valence-electron chi connectivity index (χ0n) is 11.1. The molecule has 17 heavy (non-hydrogen) atoms. The van der Waals surface area contributed by atoms with Gasteiger partial charge >= 0.3 is 0 Å². The summed E-state index contributed by atoms with van der Waals surface area (Å²) < 4.78 is 0. The van der Waals surface area contributed by atoms with Gasteiger partial charge in [-0.15, -0.1) is 0 Å². The Balaban J connectivity index is 2.67. The van der Waals surface area contributed by atoms with Crippen molar-refractivity contribution in [3.8, 4) is 0 Å². The molecule has 1 aromatic carbocycles. The van der Waals surface area contributed by atoms with Gasteiger partial charge in [0, 0.05) is 5.69 Å². The molecule has 0 aromatic heterocycles. The fourth-order valence-corrected chi connectivity index (χ4v) is 1.79. The van der Waals surface area contributed by atoms with Crippen molar-refractivity contribution in [1.82, 2.24) is 0 Å². The van der Waals surface area contributed by atoms with Crippen molar-refractivity contribution in [1.29, 1.82) is 0 Å². The lowest BCUT2D eigenvalue weighted by Crippen LogP contribution is -2.36. The molecule has 94 valence electrons. The molecule has 0 saturated heterocycles. The van der Waals surface area contributed by atoms with Crippen LogP contribution in [0, 0.1) is 19.8 Å². The summed E-state index contributed by atoms with van der Waals surface area (Å²) in [6.45, 7) is 8.13. The molecule has 0 saturated carbocycles. The lowest BCUT2D eigenvalue weighted by molar-refractivity contribution is -0.117. The smallest absolute Gasteiger partial charge is 0.241 e. The van der Waals surface area contributed by atoms with Crippen LogP contribution >= 0.6 is 0 Å². The molecule has 1 aromatic rings. The van der Waals surface area contributed by atoms with Crippen LogP contribution in [-0.4, -0.2) is 11.9 Å². The largest absolute Gasteiger partial charge is 0.324 e. The highest BCUT2D eigenvalue weighted by Gasteiger charge is 2.15. The Labute approximate surface area is 103 Å². The normalized spacial score (nSPS) is 12.6. The number of carbonyl (C=O) groups is 1. The topological polar surface area (TPSA) is 55.1 Å². The second kappa shape index (κ2) is 5.82. The number of amides is 1. The Hall–Kier alpha value is -1.35. The van der Waals surface area contributed by atoms with Crippen LogP contribution in [0.1, 0.15) is 31.4 Å². The highest BCUT2D eigenvalue weighted by Crippen LogP contribution is 2.16. The average Bonchev–Trinajstić information content (AvgIpc) is 2.21. The maximum atomic E-state index is 11.8. The van der Waals surface area contributed by atoms with E-state index in [9.17, 15) is 4.79 Å². The lowest BCUT2D eigenvalue weighted by Gasteiger charge is -2.15. The van der Waals surface area contributed by atoms with E-state index in [1.54, 1.807) is 0 Å². The summed E-state index contributed by atoms with van der Waals surface area (Å²) in [4.78, 5) is 11.8. The van der Waals surface area contributed by atoms with Gasteiger partial charge in [-0.2, -0.15) is 0 Å². The number of hydrogen-bond acceptors (Lipinski definition) is 2. The SMILES string of the molecule is Cc1ccc(NC(=O)C(N)CC(C)C)c(C)c1. The van der Waals surface area contributed by atoms with Crippen LogP contribution < -0.4 is 11.1 Å². The van der Waals surface area contributed by atoms with Gasteiger partial charge in [0.1, 0.15) is 0 Å². The van der Waals surface area contributed by atoms with Gasteiger partial charge in [-0.3, -0.25) is 4.79 Å². The van der Waals surface area contributed by atoms with E-state index in [0.717, 1.165) is 11.3 Å². The van der Waals surface area contributed by atoms with Crippen LogP contribution in [0.3, 0.4) is 0 Å². The molecule has 0 aliphatic heterocycles. The van der Waals surface area contributed by atoms with Gasteiger partial charge in [0.2, 0.25) is 5.91 Å². The molecule has 3 nitrogen and oxygen atoms in total. The Morgan fingerprint density at radius 3 is 2.53 bits per heavy atom. The molecule has 0 aliphatic carbocycles. The van der Waals surface area contributed by atoms with E-state index < -0.39 is 6.04 Å². The van der Waals surface area contributed by atoms with Crippen molar-refractivity contribution in [3.63, 3.8) is 0 Å². The van der Waals surface area contributed by atoms with Crippen molar-refractivity contribution in [2.75, 3.05) is 5.32 Å². The summed E-state index contributed by atoms with van der Waals surface area (Å²) in [7, 11) is 0. The number of nitrogens with one attached hydrogen (secondary N) is 1. The summed E-state index contributed by atoms with van der Waals surface area (Å²) in [6.07, 6.45) is 0.705. The number of benzene rings is 1. The second-order valence-corrected chi connectivity index (χ2v) is 5.04. The van der Waals surface area contributed by atoms with Gasteiger partial charge < -0.3 is 11.1 Å². The summed E-state index contributed by atoms with van der Waals surface area (Å²) in [5.41, 5.74) is 8.93. The van der Waals surface area contributed by atoms with E-state index in [-0.39, 0.29) is 5.91 Å². The van der Waals surface area contributed by atoms with Crippen molar-refractivity contribution in [2.45, 2.75) is 40.2 Å². The van der Waals surface area contributed by atoms with E-state index >= 15 is 0 Å². The number of rotatable bonds is 4. The highest BCUT2D eigenvalue weighted by molar-refractivity contribution is 5.95. The van der Waals surface area contributed by atoms with Crippen molar-refractivity contribution < 1.29 is 4.79 Å². The van der Waals surface area contributed by atoms with Crippen LogP contribution in [0.5, 0.6) is 0 Å². The van der Waals surface area contributed by atoms with Gasteiger partial charge in [-0.05, 0) is 37.8 Å². The van der Waals surface area contributed by atoms with Crippen LogP contribution in [-0.2, 0) is 4.79 Å². The van der Waals surface area contributed by atoms with Crippen molar-refractivity contribution in [3.05, 3.63) is 29.3 Å². The standard InChI is InChI=1S/C14H22N2O/c1-9(2)7-12(15)14(17)16-13-6-5-10(3)8-11(13)4/h5-6,8-9,12H,7,15H2,1-4H3,(H,16,17). The lowest BCUT2D eigenvalue weighted by atomic mass is 10.0. The molecule has 0 heterocycles. The molecule has 0 bridgehead atoms. The van der Waals surface area contributed by atoms with Gasteiger partial charge in [0.25, 0.3) is 0 Å². The zero-order chi connectivity index (χ0) is 13.0. The van der Waals surface area contributed by atoms with Crippen LogP contribution in [0.15, 0.2) is 18.2 Å². The first-order valence-electron chi connectivity index (χ1n) is 6.04. The molecule has 0 radical (unpaired) electrons. The Morgan fingerprint density at radius 1 is 1.35 bits per heavy atom. The minimum Gasteiger partial charge on any atom is -0.324 e. The van der Waals surface area contributed by atoms with E-state index in [1.165, 1.54) is 5.56 Å². The minimum atomic E-state index is -0.435. The third-order valence-corrected chi connectivity index (χ3v) is 2.70. The molecule has 1 atom stereocenters. The molecule has 3 N–H and O–H groups in total. The first-order chi connectivity index (χ1) is 7.90. The molecule has 0 aliphatic rings. The van der Waals surface area contributed by atoms with Gasteiger partial charge in [0.05, 0.1) is 6.04 Å². The molecule has 0 spiro atoms. The maximum Gasteiger partial charge on any atom is 0.241 e. The summed E-state index contributed by atoms with van der Waals surface area (Å²) in [6, 6.07) is 5.51. The Morgan fingerprint density at radius 2 is 2.00 bits per heavy atom. The number of aryl methyl sites for hydroxylation is 2. The minimum absolute atomic E-state index is 0.106. The predicted molar refractivity (Wildman–Crippen MR) is 72.0 cm³/mol. The van der Waals surface area contributed by atoms with E-state index in [1.807, 2.05) is 32.0 Å². The molecule has 1 amide bonds. The van der Waals surface area contributed by atoms with E-state index in [0.29, 0.717) is 12.3 Å². The second-order valence-electron chi connectivity index (χ2n) is 5.04. The Kier molecular flexibility index (Phi) is 4.70. The number of anilines is 1. The fraction of sp³-hybridized carbons (Fsp3) is 0.500. The molecule has 1 unspecified atom stereocenters. The molecular weight excluding hydrogens is 212 g/mol. The molecule has 1 rings (SSSR count). The maximum absolute atomic E-state index is 11.8. The third kappa shape index (κ3) is 4.19. The van der Waals surface area contributed by atoms with Crippen LogP contribution in [0.25, 0.3) is 0 Å². The zero-order valence-corrected chi connectivity index (χ0v) is 11.1.